The van der Waals surface area contributed by atoms with Gasteiger partial charge < -0.3 is 14.0 Å². The molecule has 1 heterocycles. The number of aromatic nitrogens is 1. The number of ether oxygens (including phenoxy) is 2. The third-order valence-corrected chi connectivity index (χ3v) is 4.71. The van der Waals surface area contributed by atoms with Crippen molar-refractivity contribution < 1.29 is 14.3 Å². The highest BCUT2D eigenvalue weighted by Crippen LogP contribution is 2.28. The Kier molecular flexibility index (Phi) is 8.02. The van der Waals surface area contributed by atoms with Gasteiger partial charge in [0.15, 0.2) is 11.5 Å². The fourth-order valence-electron chi connectivity index (χ4n) is 3.29. The molecule has 7 heteroatoms. The molecular formula is C26H29N3O4. The Labute approximate surface area is 193 Å². The molecule has 0 atom stereocenters. The summed E-state index contributed by atoms with van der Waals surface area (Å²) in [5.41, 5.74) is 4.91. The lowest BCUT2D eigenvalue weighted by atomic mass is 10.1. The topological polar surface area (TPSA) is 81.9 Å². The molecule has 3 rings (SSSR count). The van der Waals surface area contributed by atoms with Crippen LogP contribution in [0, 0.1) is 6.92 Å². The Morgan fingerprint density at radius 2 is 1.94 bits per heavy atom. The fraction of sp³-hybridized carbons (Fsp3) is 0.269. The zero-order valence-electron chi connectivity index (χ0n) is 19.4. The average Bonchev–Trinajstić information content (AvgIpc) is 2.77. The zero-order valence-corrected chi connectivity index (χ0v) is 19.4. The number of nitrogens with zero attached hydrogens (tertiary/aromatic N) is 2. The molecule has 0 unspecified atom stereocenters. The number of carbonyl (C=O) groups is 1. The summed E-state index contributed by atoms with van der Waals surface area (Å²) in [6.07, 6.45) is 3.18. The minimum absolute atomic E-state index is 0.0174. The number of benzene rings is 2. The number of hydrogen-bond acceptors (Lipinski definition) is 5. The minimum Gasteiger partial charge on any atom is -0.490 e. The maximum atomic E-state index is 12.8. The summed E-state index contributed by atoms with van der Waals surface area (Å²) in [5, 5.41) is 4.01. The number of hydrogen-bond donors (Lipinski definition) is 1. The van der Waals surface area contributed by atoms with Crippen molar-refractivity contribution in [2.75, 3.05) is 6.61 Å². The lowest BCUT2D eigenvalue weighted by Gasteiger charge is -2.14. The number of carbonyl (C=O) groups excluding carboxylic acids is 1. The fourth-order valence-corrected chi connectivity index (χ4v) is 3.29. The van der Waals surface area contributed by atoms with Gasteiger partial charge in [-0.25, -0.2) is 5.43 Å². The van der Waals surface area contributed by atoms with Crippen LogP contribution in [-0.2, 0) is 6.54 Å². The number of amides is 1. The summed E-state index contributed by atoms with van der Waals surface area (Å²) >= 11 is 0. The summed E-state index contributed by atoms with van der Waals surface area (Å²) in [7, 11) is 0. The standard InChI is InChI=1S/C26H29N3O4/c1-5-32-24-15-20(11-12-23(24)33-18(2)3)16-27-28-25(30)22-10-7-13-29(26(22)31)17-21-9-6-8-19(4)14-21/h6-16,18H,5,17H2,1-4H3,(H,28,30)/b27-16-. The molecule has 33 heavy (non-hydrogen) atoms. The molecule has 0 aliphatic heterocycles. The van der Waals surface area contributed by atoms with E-state index in [-0.39, 0.29) is 17.2 Å². The van der Waals surface area contributed by atoms with E-state index in [4.69, 9.17) is 9.47 Å². The van der Waals surface area contributed by atoms with Gasteiger partial charge in [0.25, 0.3) is 11.5 Å². The Bertz CT molecular complexity index is 1200. The van der Waals surface area contributed by atoms with Crippen LogP contribution in [0.5, 0.6) is 11.5 Å². The van der Waals surface area contributed by atoms with Crippen LogP contribution in [0.15, 0.2) is 70.7 Å². The van der Waals surface area contributed by atoms with Crippen molar-refractivity contribution in [2.45, 2.75) is 40.3 Å². The van der Waals surface area contributed by atoms with Gasteiger partial charge in [0.2, 0.25) is 0 Å². The molecule has 0 fully saturated rings. The van der Waals surface area contributed by atoms with Crippen molar-refractivity contribution in [3.63, 3.8) is 0 Å². The molecule has 0 saturated carbocycles. The van der Waals surface area contributed by atoms with Gasteiger partial charge in [-0.05, 0) is 69.2 Å². The second kappa shape index (κ2) is 11.1. The first-order valence-corrected chi connectivity index (χ1v) is 10.9. The Morgan fingerprint density at radius 1 is 1.12 bits per heavy atom. The van der Waals surface area contributed by atoms with E-state index < -0.39 is 5.91 Å². The summed E-state index contributed by atoms with van der Waals surface area (Å²) < 4.78 is 12.9. The van der Waals surface area contributed by atoms with Gasteiger partial charge in [-0.3, -0.25) is 9.59 Å². The predicted octanol–water partition coefficient (Wildman–Crippen LogP) is 4.15. The number of rotatable bonds is 9. The van der Waals surface area contributed by atoms with E-state index in [1.165, 1.54) is 16.8 Å². The molecular weight excluding hydrogens is 418 g/mol. The van der Waals surface area contributed by atoms with Crippen LogP contribution in [-0.4, -0.2) is 29.4 Å². The Balaban J connectivity index is 1.72. The summed E-state index contributed by atoms with van der Waals surface area (Å²) in [6, 6.07) is 16.5. The largest absolute Gasteiger partial charge is 0.490 e. The quantitative estimate of drug-likeness (QED) is 0.395. The van der Waals surface area contributed by atoms with E-state index in [9.17, 15) is 9.59 Å². The van der Waals surface area contributed by atoms with Gasteiger partial charge in [-0.2, -0.15) is 5.10 Å². The molecule has 172 valence electrons. The summed E-state index contributed by atoms with van der Waals surface area (Å²) in [4.78, 5) is 25.4. The van der Waals surface area contributed by atoms with Crippen LogP contribution in [0.25, 0.3) is 0 Å². The molecule has 7 nitrogen and oxygen atoms in total. The molecule has 1 N–H and O–H groups in total. The van der Waals surface area contributed by atoms with Crippen molar-refractivity contribution >= 4 is 12.1 Å². The first kappa shape index (κ1) is 23.8. The Morgan fingerprint density at radius 3 is 2.67 bits per heavy atom. The van der Waals surface area contributed by atoms with Crippen molar-refractivity contribution in [3.05, 3.63) is 93.4 Å². The van der Waals surface area contributed by atoms with Crippen molar-refractivity contribution in [1.29, 1.82) is 0 Å². The monoisotopic (exact) mass is 447 g/mol. The number of nitrogens with one attached hydrogen (secondary N) is 1. The van der Waals surface area contributed by atoms with Crippen LogP contribution in [0.3, 0.4) is 0 Å². The molecule has 0 aliphatic rings. The molecule has 0 saturated heterocycles. The van der Waals surface area contributed by atoms with E-state index in [1.54, 1.807) is 24.4 Å². The second-order valence-corrected chi connectivity index (χ2v) is 7.85. The normalized spacial score (nSPS) is 11.1. The van der Waals surface area contributed by atoms with Crippen LogP contribution in [0.4, 0.5) is 0 Å². The van der Waals surface area contributed by atoms with Crippen LogP contribution < -0.4 is 20.5 Å². The SMILES string of the molecule is CCOc1cc(/C=N\NC(=O)c2cccn(Cc3cccc(C)c3)c2=O)ccc1OC(C)C. The van der Waals surface area contributed by atoms with Gasteiger partial charge >= 0.3 is 0 Å². The van der Waals surface area contributed by atoms with Crippen molar-refractivity contribution in [3.8, 4) is 11.5 Å². The van der Waals surface area contributed by atoms with Gasteiger partial charge in [-0.1, -0.05) is 29.8 Å². The third-order valence-electron chi connectivity index (χ3n) is 4.71. The molecule has 0 radical (unpaired) electrons. The molecule has 2 aromatic carbocycles. The van der Waals surface area contributed by atoms with Crippen molar-refractivity contribution in [1.82, 2.24) is 9.99 Å². The van der Waals surface area contributed by atoms with Gasteiger partial charge in [0, 0.05) is 6.20 Å². The second-order valence-electron chi connectivity index (χ2n) is 7.85. The van der Waals surface area contributed by atoms with E-state index in [0.29, 0.717) is 24.7 Å². The van der Waals surface area contributed by atoms with Crippen LogP contribution >= 0.6 is 0 Å². The molecule has 0 bridgehead atoms. The third kappa shape index (κ3) is 6.55. The molecule has 1 amide bonds. The predicted molar refractivity (Wildman–Crippen MR) is 129 cm³/mol. The molecule has 3 aromatic rings. The van der Waals surface area contributed by atoms with Gasteiger partial charge in [0.1, 0.15) is 5.56 Å². The van der Waals surface area contributed by atoms with E-state index in [2.05, 4.69) is 10.5 Å². The van der Waals surface area contributed by atoms with Crippen LogP contribution in [0.1, 0.15) is 47.8 Å². The highest BCUT2D eigenvalue weighted by atomic mass is 16.5. The van der Waals surface area contributed by atoms with E-state index >= 15 is 0 Å². The molecule has 0 spiro atoms. The van der Waals surface area contributed by atoms with Crippen molar-refractivity contribution in [2.24, 2.45) is 5.10 Å². The van der Waals surface area contributed by atoms with E-state index in [0.717, 1.165) is 16.7 Å². The maximum Gasteiger partial charge on any atom is 0.276 e. The maximum absolute atomic E-state index is 12.8. The molecule has 1 aromatic heterocycles. The lowest BCUT2D eigenvalue weighted by molar-refractivity contribution is 0.0953. The number of aryl methyl sites for hydroxylation is 1. The first-order chi connectivity index (χ1) is 15.9. The zero-order chi connectivity index (χ0) is 23.8. The summed E-state index contributed by atoms with van der Waals surface area (Å²) in [5.74, 6) is 0.676. The van der Waals surface area contributed by atoms with Crippen LogP contribution in [0.2, 0.25) is 0 Å². The number of hydrazone groups is 1. The minimum atomic E-state index is -0.570. The highest BCUT2D eigenvalue weighted by molar-refractivity contribution is 5.94. The summed E-state index contributed by atoms with van der Waals surface area (Å²) in [6.45, 7) is 8.66. The highest BCUT2D eigenvalue weighted by Gasteiger charge is 2.12. The Hall–Kier alpha value is -3.87. The van der Waals surface area contributed by atoms with Gasteiger partial charge in [-0.15, -0.1) is 0 Å². The smallest absolute Gasteiger partial charge is 0.276 e. The lowest BCUT2D eigenvalue weighted by Crippen LogP contribution is -2.30. The molecule has 0 aliphatic carbocycles. The van der Waals surface area contributed by atoms with E-state index in [1.807, 2.05) is 58.0 Å². The number of pyridine rings is 1. The average molecular weight is 448 g/mol. The van der Waals surface area contributed by atoms with Gasteiger partial charge in [0.05, 0.1) is 25.5 Å². The first-order valence-electron chi connectivity index (χ1n) is 10.9.